The Kier molecular flexibility index (Phi) is 10.9. The zero-order valence-corrected chi connectivity index (χ0v) is 27.0. The summed E-state index contributed by atoms with van der Waals surface area (Å²) in [6.07, 6.45) is 1.29. The Morgan fingerprint density at radius 2 is 1.67 bits per heavy atom. The van der Waals surface area contributed by atoms with Crippen molar-refractivity contribution in [3.8, 4) is 11.3 Å². The first-order valence-corrected chi connectivity index (χ1v) is 15.5. The predicted octanol–water partition coefficient (Wildman–Crippen LogP) is 5.13. The van der Waals surface area contributed by atoms with E-state index >= 15 is 0 Å². The molecule has 1 fully saturated rings. The molecule has 12 nitrogen and oxygen atoms in total. The highest BCUT2D eigenvalue weighted by atomic mass is 79.9. The summed E-state index contributed by atoms with van der Waals surface area (Å²) in [5.41, 5.74) is 0.814. The van der Waals surface area contributed by atoms with Crippen LogP contribution in [0.3, 0.4) is 0 Å². The van der Waals surface area contributed by atoms with Crippen LogP contribution in [0.4, 0.5) is 15.3 Å². The van der Waals surface area contributed by atoms with Crippen LogP contribution in [0, 0.1) is 11.8 Å². The van der Waals surface area contributed by atoms with Gasteiger partial charge in [-0.15, -0.1) is 0 Å². The molecule has 240 valence electrons. The summed E-state index contributed by atoms with van der Waals surface area (Å²) in [6, 6.07) is 14.2. The van der Waals surface area contributed by atoms with Crippen molar-refractivity contribution in [2.75, 3.05) is 11.9 Å². The van der Waals surface area contributed by atoms with E-state index in [4.69, 9.17) is 4.74 Å². The number of nitrogens with zero attached hydrogens (tertiary/aromatic N) is 1. The number of rotatable bonds is 9. The van der Waals surface area contributed by atoms with Crippen molar-refractivity contribution in [2.45, 2.75) is 64.5 Å². The smallest absolute Gasteiger partial charge is 0.431 e. The summed E-state index contributed by atoms with van der Waals surface area (Å²) >= 11 is 3.42. The number of hydrogen-bond donors (Lipinski definition) is 5. The molecule has 0 unspecified atom stereocenters. The number of benzene rings is 2. The van der Waals surface area contributed by atoms with Gasteiger partial charge in [-0.25, -0.2) is 9.59 Å². The summed E-state index contributed by atoms with van der Waals surface area (Å²) < 4.78 is 6.92. The fraction of sp³-hybridized carbons (Fsp3) is 0.406. The average molecular weight is 685 g/mol. The van der Waals surface area contributed by atoms with Gasteiger partial charge in [0.2, 0.25) is 11.8 Å². The highest BCUT2D eigenvalue weighted by Gasteiger charge is 2.30. The van der Waals surface area contributed by atoms with E-state index in [2.05, 4.69) is 37.0 Å². The summed E-state index contributed by atoms with van der Waals surface area (Å²) in [4.78, 5) is 62.0. The van der Waals surface area contributed by atoms with Crippen LogP contribution in [0.1, 0.15) is 52.0 Å². The van der Waals surface area contributed by atoms with Crippen LogP contribution in [-0.4, -0.2) is 57.1 Å². The van der Waals surface area contributed by atoms with E-state index in [1.807, 2.05) is 45.0 Å². The van der Waals surface area contributed by atoms with E-state index < -0.39 is 35.3 Å². The van der Waals surface area contributed by atoms with Gasteiger partial charge in [0, 0.05) is 40.7 Å². The fourth-order valence-electron chi connectivity index (χ4n) is 5.23. The Bertz CT molecular complexity index is 1570. The second kappa shape index (κ2) is 14.6. The van der Waals surface area contributed by atoms with Gasteiger partial charge in [-0.3, -0.25) is 19.5 Å². The van der Waals surface area contributed by atoms with Crippen LogP contribution < -0.4 is 21.5 Å². The molecule has 5 N–H and O–H groups in total. The first-order chi connectivity index (χ1) is 21.3. The molecule has 45 heavy (non-hydrogen) atoms. The number of H-pyrrole nitrogens is 1. The maximum atomic E-state index is 13.5. The lowest BCUT2D eigenvalue weighted by atomic mass is 9.81. The van der Waals surface area contributed by atoms with Gasteiger partial charge in [0.15, 0.2) is 0 Å². The van der Waals surface area contributed by atoms with Crippen LogP contribution in [0.15, 0.2) is 63.9 Å². The minimum absolute atomic E-state index is 0.168. The van der Waals surface area contributed by atoms with Crippen molar-refractivity contribution >= 4 is 45.6 Å². The van der Waals surface area contributed by atoms with Gasteiger partial charge in [0.25, 0.3) is 5.56 Å². The Balaban J connectivity index is 1.39. The van der Waals surface area contributed by atoms with Crippen LogP contribution in [0.5, 0.6) is 0 Å². The SMILES string of the molecule is CC(C)(C)OC(=O)NCC1CCC(C(=O)N[C@@H](Cc2ccc(Br)cc2)C(=O)Nc2ccc(-c3cc(=O)[nH]n3C(=O)O)cc2)CC1. The van der Waals surface area contributed by atoms with Crippen LogP contribution in [-0.2, 0) is 20.7 Å². The number of aromatic nitrogens is 2. The van der Waals surface area contributed by atoms with E-state index in [-0.39, 0.29) is 29.9 Å². The number of anilines is 1. The van der Waals surface area contributed by atoms with Gasteiger partial charge in [-0.05, 0) is 82.2 Å². The first-order valence-electron chi connectivity index (χ1n) is 14.8. The predicted molar refractivity (Wildman–Crippen MR) is 172 cm³/mol. The number of aromatic amines is 1. The summed E-state index contributed by atoms with van der Waals surface area (Å²) in [7, 11) is 0. The molecular formula is C32H38BrN5O7. The first kappa shape index (κ1) is 33.5. The van der Waals surface area contributed by atoms with E-state index in [0.29, 0.717) is 30.6 Å². The minimum Gasteiger partial charge on any atom is -0.463 e. The number of amides is 3. The topological polar surface area (TPSA) is 172 Å². The quantitative estimate of drug-likeness (QED) is 0.208. The molecule has 1 heterocycles. The summed E-state index contributed by atoms with van der Waals surface area (Å²) in [5, 5.41) is 20.2. The number of halogens is 1. The molecule has 3 amide bonds. The largest absolute Gasteiger partial charge is 0.463 e. The Labute approximate surface area is 269 Å². The van der Waals surface area contributed by atoms with Crippen LogP contribution in [0.25, 0.3) is 11.3 Å². The second-order valence-electron chi connectivity index (χ2n) is 12.2. The fourth-order valence-corrected chi connectivity index (χ4v) is 5.50. The highest BCUT2D eigenvalue weighted by Crippen LogP contribution is 2.29. The van der Waals surface area contributed by atoms with Gasteiger partial charge in [-0.1, -0.05) is 40.2 Å². The zero-order valence-electron chi connectivity index (χ0n) is 25.4. The third kappa shape index (κ3) is 9.80. The lowest BCUT2D eigenvalue weighted by Crippen LogP contribution is -2.48. The maximum absolute atomic E-state index is 13.5. The van der Waals surface area contributed by atoms with Crippen molar-refractivity contribution in [3.05, 3.63) is 75.0 Å². The summed E-state index contributed by atoms with van der Waals surface area (Å²) in [5.74, 6) is -0.614. The van der Waals surface area contributed by atoms with Gasteiger partial charge in [0.05, 0.1) is 5.69 Å². The van der Waals surface area contributed by atoms with Gasteiger partial charge < -0.3 is 25.8 Å². The standard InChI is InChI=1S/C32H38BrN5O7/c1-32(2,3)45-30(42)34-18-20-4-8-22(9-5-20)28(40)36-25(16-19-6-12-23(33)13-7-19)29(41)35-24-14-10-21(11-15-24)26-17-27(39)37-38(26)31(43)44/h6-7,10-15,17,20,22,25H,4-5,8-9,16,18H2,1-3H3,(H,34,42)(H,35,41)(H,36,40)(H,37,39)(H,43,44)/t20?,22?,25-/m0/s1. The van der Waals surface area contributed by atoms with E-state index in [0.717, 1.165) is 27.6 Å². The van der Waals surface area contributed by atoms with E-state index in [1.54, 1.807) is 24.3 Å². The number of carbonyl (C=O) groups is 4. The highest BCUT2D eigenvalue weighted by molar-refractivity contribution is 9.10. The lowest BCUT2D eigenvalue weighted by molar-refractivity contribution is -0.130. The maximum Gasteiger partial charge on any atom is 0.431 e. The number of carboxylic acid groups (broad SMARTS) is 1. The minimum atomic E-state index is -1.33. The average Bonchev–Trinajstić information content (AvgIpc) is 3.38. The van der Waals surface area contributed by atoms with Crippen molar-refractivity contribution in [1.29, 1.82) is 0 Å². The van der Waals surface area contributed by atoms with Gasteiger partial charge in [0.1, 0.15) is 11.6 Å². The molecule has 2 aromatic carbocycles. The van der Waals surface area contributed by atoms with Crippen molar-refractivity contribution in [1.82, 2.24) is 20.4 Å². The molecule has 4 rings (SSSR count). The number of carbonyl (C=O) groups excluding carboxylic acids is 3. The molecule has 0 aliphatic heterocycles. The molecule has 3 aromatic rings. The Hall–Kier alpha value is -4.39. The van der Waals surface area contributed by atoms with Gasteiger partial charge in [-0.2, -0.15) is 4.68 Å². The number of nitrogens with one attached hydrogen (secondary N) is 4. The van der Waals surface area contributed by atoms with Crippen molar-refractivity contribution in [2.24, 2.45) is 11.8 Å². The molecule has 0 saturated heterocycles. The molecule has 1 atom stereocenters. The molecule has 0 bridgehead atoms. The van der Waals surface area contributed by atoms with Crippen LogP contribution in [0.2, 0.25) is 0 Å². The third-order valence-corrected chi connectivity index (χ3v) is 8.04. The molecule has 0 radical (unpaired) electrons. The van der Waals surface area contributed by atoms with Crippen molar-refractivity contribution < 1.29 is 29.0 Å². The van der Waals surface area contributed by atoms with Crippen molar-refractivity contribution in [3.63, 3.8) is 0 Å². The Morgan fingerprint density at radius 1 is 1.02 bits per heavy atom. The molecule has 13 heteroatoms. The second-order valence-corrected chi connectivity index (χ2v) is 13.1. The monoisotopic (exact) mass is 683 g/mol. The van der Waals surface area contributed by atoms with E-state index in [9.17, 15) is 29.1 Å². The lowest BCUT2D eigenvalue weighted by Gasteiger charge is -2.29. The number of ether oxygens (including phenoxy) is 1. The molecule has 1 aliphatic rings. The third-order valence-electron chi connectivity index (χ3n) is 7.51. The number of hydrogen-bond acceptors (Lipinski definition) is 6. The van der Waals surface area contributed by atoms with E-state index in [1.165, 1.54) is 6.07 Å². The molecule has 1 aromatic heterocycles. The number of alkyl carbamates (subject to hydrolysis) is 1. The molecule has 0 spiro atoms. The normalized spacial score (nSPS) is 17.2. The summed E-state index contributed by atoms with van der Waals surface area (Å²) in [6.45, 7) is 5.91. The van der Waals surface area contributed by atoms with Crippen LogP contribution >= 0.6 is 15.9 Å². The molecule has 1 saturated carbocycles. The molecular weight excluding hydrogens is 646 g/mol. The zero-order chi connectivity index (χ0) is 32.7. The van der Waals surface area contributed by atoms with Gasteiger partial charge >= 0.3 is 12.2 Å². The Morgan fingerprint density at radius 3 is 2.27 bits per heavy atom. The molecule has 1 aliphatic carbocycles.